The van der Waals surface area contributed by atoms with Gasteiger partial charge in [0, 0.05) is 35.1 Å². The molecule has 3 heterocycles. The summed E-state index contributed by atoms with van der Waals surface area (Å²) >= 11 is 6.24. The third kappa shape index (κ3) is 3.80. The number of aryl methyl sites for hydroxylation is 1. The number of amides is 1. The molecule has 9 heteroatoms. The number of ether oxygens (including phenoxy) is 1. The molecule has 1 fully saturated rings. The van der Waals surface area contributed by atoms with Gasteiger partial charge in [0.05, 0.1) is 18.7 Å². The number of benzene rings is 2. The Morgan fingerprint density at radius 3 is 2.65 bits per heavy atom. The van der Waals surface area contributed by atoms with Gasteiger partial charge >= 0.3 is 0 Å². The van der Waals surface area contributed by atoms with Crippen LogP contribution in [0.3, 0.4) is 0 Å². The monoisotopic (exact) mass is 475 g/mol. The van der Waals surface area contributed by atoms with Crippen molar-refractivity contribution in [3.8, 4) is 28.6 Å². The van der Waals surface area contributed by atoms with Crippen molar-refractivity contribution in [2.45, 2.75) is 26.3 Å². The maximum Gasteiger partial charge on any atom is 0.258 e. The van der Waals surface area contributed by atoms with E-state index in [1.807, 2.05) is 38.1 Å². The number of aromatic nitrogens is 4. The van der Waals surface area contributed by atoms with Gasteiger partial charge in [-0.2, -0.15) is 4.98 Å². The molecule has 1 saturated heterocycles. The predicted molar refractivity (Wildman–Crippen MR) is 127 cm³/mol. The van der Waals surface area contributed by atoms with E-state index in [2.05, 4.69) is 20.1 Å². The second-order valence-electron chi connectivity index (χ2n) is 8.11. The molecule has 0 aliphatic carbocycles. The SMILES string of the molecule is COc1cc(C(=O)N2CCC2c2noc(-c3cccc(Cl)c3C)n2)c(-c2ncccn2)cc1C. The molecule has 172 valence electrons. The van der Waals surface area contributed by atoms with E-state index in [-0.39, 0.29) is 11.9 Å². The molecule has 8 nitrogen and oxygen atoms in total. The van der Waals surface area contributed by atoms with Gasteiger partial charge in [-0.3, -0.25) is 4.79 Å². The third-order valence-electron chi connectivity index (χ3n) is 6.09. The lowest BCUT2D eigenvalue weighted by atomic mass is 9.96. The van der Waals surface area contributed by atoms with Crippen LogP contribution < -0.4 is 4.74 Å². The molecular weight excluding hydrogens is 454 g/mol. The van der Waals surface area contributed by atoms with E-state index in [0.29, 0.717) is 46.0 Å². The molecule has 34 heavy (non-hydrogen) atoms. The number of nitrogens with zero attached hydrogens (tertiary/aromatic N) is 5. The first-order chi connectivity index (χ1) is 16.5. The van der Waals surface area contributed by atoms with Gasteiger partial charge in [0.25, 0.3) is 11.8 Å². The largest absolute Gasteiger partial charge is 0.496 e. The van der Waals surface area contributed by atoms with Gasteiger partial charge in [-0.25, -0.2) is 9.97 Å². The Hall–Kier alpha value is -3.78. The quantitative estimate of drug-likeness (QED) is 0.398. The maximum absolute atomic E-state index is 13.7. The summed E-state index contributed by atoms with van der Waals surface area (Å²) in [6.45, 7) is 4.40. The second-order valence-corrected chi connectivity index (χ2v) is 8.52. The molecule has 1 aliphatic heterocycles. The molecule has 0 saturated carbocycles. The van der Waals surface area contributed by atoms with Crippen LogP contribution in [0.15, 0.2) is 53.3 Å². The second kappa shape index (κ2) is 8.87. The molecule has 5 rings (SSSR count). The maximum atomic E-state index is 13.7. The number of hydrogen-bond acceptors (Lipinski definition) is 7. The molecule has 1 amide bonds. The average molecular weight is 476 g/mol. The molecule has 1 unspecified atom stereocenters. The van der Waals surface area contributed by atoms with E-state index in [4.69, 9.17) is 20.9 Å². The van der Waals surface area contributed by atoms with Crippen LogP contribution in [0.4, 0.5) is 0 Å². The molecule has 0 N–H and O–H groups in total. The van der Waals surface area contributed by atoms with Gasteiger partial charge in [-0.15, -0.1) is 0 Å². The van der Waals surface area contributed by atoms with Gasteiger partial charge in [-0.05, 0) is 61.7 Å². The van der Waals surface area contributed by atoms with E-state index < -0.39 is 0 Å². The minimum atomic E-state index is -0.290. The number of carbonyl (C=O) groups excluding carboxylic acids is 1. The van der Waals surface area contributed by atoms with Crippen molar-refractivity contribution >= 4 is 17.5 Å². The lowest BCUT2D eigenvalue weighted by molar-refractivity contribution is 0.0436. The van der Waals surface area contributed by atoms with Gasteiger partial charge in [0.15, 0.2) is 11.6 Å². The summed E-state index contributed by atoms with van der Waals surface area (Å²) in [5.41, 5.74) is 3.64. The van der Waals surface area contributed by atoms with Crippen molar-refractivity contribution in [1.29, 1.82) is 0 Å². The van der Waals surface area contributed by atoms with E-state index in [1.165, 1.54) is 0 Å². The van der Waals surface area contributed by atoms with E-state index in [9.17, 15) is 4.79 Å². The number of likely N-dealkylation sites (tertiary alicyclic amines) is 1. The molecule has 2 aromatic carbocycles. The van der Waals surface area contributed by atoms with Gasteiger partial charge < -0.3 is 14.2 Å². The highest BCUT2D eigenvalue weighted by Gasteiger charge is 2.38. The number of hydrogen-bond donors (Lipinski definition) is 0. The summed E-state index contributed by atoms with van der Waals surface area (Å²) in [4.78, 5) is 28.7. The van der Waals surface area contributed by atoms with Crippen LogP contribution in [-0.2, 0) is 0 Å². The Morgan fingerprint density at radius 2 is 1.94 bits per heavy atom. The highest BCUT2D eigenvalue weighted by molar-refractivity contribution is 6.31. The summed E-state index contributed by atoms with van der Waals surface area (Å²) in [5, 5.41) is 4.79. The Balaban J connectivity index is 1.48. The van der Waals surface area contributed by atoms with Crippen molar-refractivity contribution in [2.24, 2.45) is 0 Å². The van der Waals surface area contributed by atoms with Crippen LogP contribution in [-0.4, -0.2) is 44.6 Å². The highest BCUT2D eigenvalue weighted by Crippen LogP contribution is 2.37. The lowest BCUT2D eigenvalue weighted by Crippen LogP contribution is -2.45. The Labute approximate surface area is 201 Å². The van der Waals surface area contributed by atoms with Gasteiger partial charge in [0.1, 0.15) is 5.75 Å². The molecule has 0 radical (unpaired) electrons. The van der Waals surface area contributed by atoms with Gasteiger partial charge in [0.2, 0.25) is 0 Å². The summed E-state index contributed by atoms with van der Waals surface area (Å²) in [6.07, 6.45) is 4.04. The van der Waals surface area contributed by atoms with Crippen LogP contribution in [0, 0.1) is 13.8 Å². The first-order valence-electron chi connectivity index (χ1n) is 10.8. The lowest BCUT2D eigenvalue weighted by Gasteiger charge is -2.39. The third-order valence-corrected chi connectivity index (χ3v) is 6.50. The summed E-state index contributed by atoms with van der Waals surface area (Å²) in [5.74, 6) is 1.78. The molecule has 4 aromatic rings. The Kier molecular flexibility index (Phi) is 5.75. The summed E-state index contributed by atoms with van der Waals surface area (Å²) in [6, 6.07) is 10.6. The number of rotatable bonds is 5. The fraction of sp³-hybridized carbons (Fsp3) is 0.240. The number of halogens is 1. The minimum Gasteiger partial charge on any atom is -0.496 e. The van der Waals surface area contributed by atoms with Gasteiger partial charge in [-0.1, -0.05) is 22.8 Å². The predicted octanol–water partition coefficient (Wildman–Crippen LogP) is 5.06. The summed E-state index contributed by atoms with van der Waals surface area (Å²) < 4.78 is 11.0. The van der Waals surface area contributed by atoms with E-state index in [1.54, 1.807) is 36.5 Å². The van der Waals surface area contributed by atoms with Crippen molar-refractivity contribution in [3.63, 3.8) is 0 Å². The van der Waals surface area contributed by atoms with Crippen molar-refractivity contribution in [2.75, 3.05) is 13.7 Å². The first kappa shape index (κ1) is 22.0. The van der Waals surface area contributed by atoms with Crippen molar-refractivity contribution < 1.29 is 14.1 Å². The number of methoxy groups -OCH3 is 1. The van der Waals surface area contributed by atoms with Crippen LogP contribution in [0.2, 0.25) is 5.02 Å². The molecule has 1 atom stereocenters. The zero-order valence-corrected chi connectivity index (χ0v) is 19.7. The van der Waals surface area contributed by atoms with Crippen LogP contribution in [0.1, 0.15) is 39.8 Å². The molecule has 2 aromatic heterocycles. The highest BCUT2D eigenvalue weighted by atomic mass is 35.5. The van der Waals surface area contributed by atoms with Crippen LogP contribution >= 0.6 is 11.6 Å². The fourth-order valence-electron chi connectivity index (χ4n) is 4.08. The minimum absolute atomic E-state index is 0.165. The zero-order valence-electron chi connectivity index (χ0n) is 18.9. The number of carbonyl (C=O) groups is 1. The van der Waals surface area contributed by atoms with Crippen molar-refractivity contribution in [3.05, 3.63) is 76.3 Å². The molecule has 0 bridgehead atoms. The van der Waals surface area contributed by atoms with E-state index in [0.717, 1.165) is 23.1 Å². The van der Waals surface area contributed by atoms with Crippen LogP contribution in [0.25, 0.3) is 22.8 Å². The van der Waals surface area contributed by atoms with Crippen LogP contribution in [0.5, 0.6) is 5.75 Å². The average Bonchev–Trinajstić information content (AvgIpc) is 3.29. The smallest absolute Gasteiger partial charge is 0.258 e. The Bertz CT molecular complexity index is 1370. The standard InChI is InChI=1S/C25H22ClN5O3/c1-14-12-17(22-27-9-5-10-28-22)18(13-21(14)33-3)25(32)31-11-8-20(31)23-29-24(34-30-23)16-6-4-7-19(26)15(16)2/h4-7,9-10,12-13,20H,8,11H2,1-3H3. The van der Waals surface area contributed by atoms with Crippen molar-refractivity contribution in [1.82, 2.24) is 25.0 Å². The van der Waals surface area contributed by atoms with E-state index >= 15 is 0 Å². The first-order valence-corrected chi connectivity index (χ1v) is 11.2. The topological polar surface area (TPSA) is 94.2 Å². The molecular formula is C25H22ClN5O3. The molecule has 0 spiro atoms. The Morgan fingerprint density at radius 1 is 1.15 bits per heavy atom. The fourth-order valence-corrected chi connectivity index (χ4v) is 4.25. The molecule has 1 aliphatic rings. The normalized spacial score (nSPS) is 15.2. The zero-order chi connectivity index (χ0) is 23.8. The summed E-state index contributed by atoms with van der Waals surface area (Å²) in [7, 11) is 1.58.